The number of thiazole rings is 1. The van der Waals surface area contributed by atoms with Gasteiger partial charge in [0.05, 0.1) is 10.6 Å². The van der Waals surface area contributed by atoms with Gasteiger partial charge in [-0.25, -0.2) is 22.2 Å². The van der Waals surface area contributed by atoms with Crippen molar-refractivity contribution in [1.82, 2.24) is 18.6 Å². The molecule has 3 heterocycles. The highest BCUT2D eigenvalue weighted by atomic mass is 35.5. The molecule has 3 aromatic rings. The summed E-state index contributed by atoms with van der Waals surface area (Å²) < 4.78 is 54.7. The maximum atomic E-state index is 13.4. The predicted octanol–water partition coefficient (Wildman–Crippen LogP) is 2.87. The van der Waals surface area contributed by atoms with Gasteiger partial charge in [-0.15, -0.1) is 11.3 Å². The molecule has 12 heteroatoms. The van der Waals surface area contributed by atoms with Crippen LogP contribution in [0.4, 0.5) is 8.78 Å². The molecule has 0 radical (unpaired) electrons. The topological polar surface area (TPSA) is 75.0 Å². The molecule has 7 nitrogen and oxygen atoms in total. The van der Waals surface area contributed by atoms with E-state index in [0.717, 1.165) is 16.4 Å². The summed E-state index contributed by atoms with van der Waals surface area (Å²) in [4.78, 5) is 18.6. The van der Waals surface area contributed by atoms with E-state index in [-0.39, 0.29) is 42.1 Å². The largest absolute Gasteiger partial charge is 0.337 e. The number of hydrogen-bond acceptors (Lipinski definition) is 5. The Labute approximate surface area is 179 Å². The number of carbonyl (C=O) groups excluding carboxylic acids is 1. The zero-order valence-electron chi connectivity index (χ0n) is 15.3. The third-order valence-electron chi connectivity index (χ3n) is 4.72. The van der Waals surface area contributed by atoms with E-state index in [0.29, 0.717) is 16.7 Å². The van der Waals surface area contributed by atoms with Gasteiger partial charge in [-0.1, -0.05) is 11.6 Å². The number of carbonyl (C=O) groups is 1. The van der Waals surface area contributed by atoms with E-state index in [1.165, 1.54) is 22.3 Å². The monoisotopic (exact) mass is 472 g/mol. The molecular formula is C18H15ClF2N4O3S2. The lowest BCUT2D eigenvalue weighted by atomic mass is 10.3. The van der Waals surface area contributed by atoms with Gasteiger partial charge in [-0.3, -0.25) is 9.20 Å². The molecule has 0 N–H and O–H groups in total. The van der Waals surface area contributed by atoms with Crippen molar-refractivity contribution in [3.63, 3.8) is 0 Å². The zero-order valence-corrected chi connectivity index (χ0v) is 17.7. The van der Waals surface area contributed by atoms with Crippen LogP contribution in [-0.2, 0) is 14.8 Å². The number of rotatable bonds is 4. The molecule has 0 atom stereocenters. The molecule has 2 aromatic heterocycles. The number of piperazine rings is 1. The fourth-order valence-corrected chi connectivity index (χ4v) is 5.56. The fourth-order valence-electron chi connectivity index (χ4n) is 3.12. The first-order chi connectivity index (χ1) is 14.3. The quantitative estimate of drug-likeness (QED) is 0.547. The van der Waals surface area contributed by atoms with Crippen molar-refractivity contribution in [2.45, 2.75) is 4.90 Å². The van der Waals surface area contributed by atoms with Crippen LogP contribution in [0, 0.1) is 11.6 Å². The van der Waals surface area contributed by atoms with E-state index in [1.807, 2.05) is 5.38 Å². The average Bonchev–Trinajstić information content (AvgIpc) is 3.29. The van der Waals surface area contributed by atoms with E-state index in [9.17, 15) is 22.0 Å². The maximum absolute atomic E-state index is 13.4. The Morgan fingerprint density at radius 2 is 1.90 bits per heavy atom. The molecule has 1 fully saturated rings. The number of nitrogens with zero attached hydrogens (tertiary/aromatic N) is 4. The van der Waals surface area contributed by atoms with Crippen LogP contribution in [0.3, 0.4) is 0 Å². The van der Waals surface area contributed by atoms with Crippen molar-refractivity contribution in [2.24, 2.45) is 0 Å². The lowest BCUT2D eigenvalue weighted by Gasteiger charge is -2.33. The molecule has 0 bridgehead atoms. The number of fused-ring (bicyclic) bond motifs is 1. The van der Waals surface area contributed by atoms with Crippen LogP contribution in [0.1, 0.15) is 5.69 Å². The third-order valence-corrected chi connectivity index (χ3v) is 7.65. The van der Waals surface area contributed by atoms with Gasteiger partial charge in [0.1, 0.15) is 0 Å². The fraction of sp³-hybridized carbons (Fsp3) is 0.222. The van der Waals surface area contributed by atoms with E-state index in [2.05, 4.69) is 4.98 Å². The first-order valence-corrected chi connectivity index (χ1v) is 11.5. The summed E-state index contributed by atoms with van der Waals surface area (Å²) in [6.45, 7) is 0.423. The Morgan fingerprint density at radius 3 is 2.60 bits per heavy atom. The molecule has 158 valence electrons. The van der Waals surface area contributed by atoms with E-state index in [1.54, 1.807) is 16.7 Å². The Hall–Kier alpha value is -2.34. The summed E-state index contributed by atoms with van der Waals surface area (Å²) in [5.41, 5.74) is 0.584. The van der Waals surface area contributed by atoms with Crippen molar-refractivity contribution >= 4 is 49.9 Å². The maximum Gasteiger partial charge on any atom is 0.246 e. The van der Waals surface area contributed by atoms with Gasteiger partial charge in [0, 0.05) is 43.8 Å². The van der Waals surface area contributed by atoms with Crippen LogP contribution < -0.4 is 0 Å². The Kier molecular flexibility index (Phi) is 5.62. The average molecular weight is 473 g/mol. The minimum atomic E-state index is -3.98. The minimum absolute atomic E-state index is 0.0448. The summed E-state index contributed by atoms with van der Waals surface area (Å²) >= 11 is 7.52. The molecule has 1 aliphatic rings. The lowest BCUT2D eigenvalue weighted by molar-refractivity contribution is -0.127. The number of benzene rings is 1. The van der Waals surface area contributed by atoms with Gasteiger partial charge in [-0.2, -0.15) is 4.31 Å². The van der Waals surface area contributed by atoms with E-state index >= 15 is 0 Å². The first kappa shape index (κ1) is 20.9. The molecule has 1 saturated heterocycles. The molecule has 1 aromatic carbocycles. The van der Waals surface area contributed by atoms with Crippen LogP contribution in [-0.4, -0.2) is 59.1 Å². The SMILES string of the molecule is O=C(/C=C/c1c(Cl)nc2sccn12)N1CCN(S(=O)(=O)c2ccc(F)c(F)c2)CC1. The minimum Gasteiger partial charge on any atom is -0.337 e. The highest BCUT2D eigenvalue weighted by Gasteiger charge is 2.30. The van der Waals surface area contributed by atoms with Gasteiger partial charge in [0.15, 0.2) is 21.7 Å². The van der Waals surface area contributed by atoms with Gasteiger partial charge >= 0.3 is 0 Å². The number of sulfonamides is 1. The molecule has 1 amide bonds. The molecule has 4 rings (SSSR count). The first-order valence-electron chi connectivity index (χ1n) is 8.80. The molecule has 30 heavy (non-hydrogen) atoms. The second-order valence-corrected chi connectivity index (χ2v) is 9.65. The summed E-state index contributed by atoms with van der Waals surface area (Å²) in [5.74, 6) is -2.64. The van der Waals surface area contributed by atoms with Crippen LogP contribution in [0.25, 0.3) is 11.0 Å². The number of halogens is 3. The van der Waals surface area contributed by atoms with Crippen LogP contribution >= 0.6 is 22.9 Å². The summed E-state index contributed by atoms with van der Waals surface area (Å²) in [5, 5.41) is 2.14. The van der Waals surface area contributed by atoms with Crippen LogP contribution in [0.15, 0.2) is 40.7 Å². The highest BCUT2D eigenvalue weighted by molar-refractivity contribution is 7.89. The molecule has 0 aliphatic carbocycles. The molecule has 0 unspecified atom stereocenters. The molecule has 0 spiro atoms. The van der Waals surface area contributed by atoms with E-state index < -0.39 is 21.7 Å². The second kappa shape index (κ2) is 8.06. The van der Waals surface area contributed by atoms with Crippen LogP contribution in [0.5, 0.6) is 0 Å². The molecule has 0 saturated carbocycles. The number of imidazole rings is 1. The predicted molar refractivity (Wildman–Crippen MR) is 109 cm³/mol. The van der Waals surface area contributed by atoms with Crippen LogP contribution in [0.2, 0.25) is 5.15 Å². The number of hydrogen-bond donors (Lipinski definition) is 0. The second-order valence-electron chi connectivity index (χ2n) is 6.48. The van der Waals surface area contributed by atoms with Crippen molar-refractivity contribution < 1.29 is 22.0 Å². The van der Waals surface area contributed by atoms with E-state index in [4.69, 9.17) is 11.6 Å². The van der Waals surface area contributed by atoms with Gasteiger partial charge < -0.3 is 4.90 Å². The van der Waals surface area contributed by atoms with Gasteiger partial charge in [0.2, 0.25) is 15.9 Å². The van der Waals surface area contributed by atoms with Crippen molar-refractivity contribution in [2.75, 3.05) is 26.2 Å². The Balaban J connectivity index is 1.42. The van der Waals surface area contributed by atoms with Crippen molar-refractivity contribution in [1.29, 1.82) is 0 Å². The summed E-state index contributed by atoms with van der Waals surface area (Å²) in [6.07, 6.45) is 4.74. The molecule has 1 aliphatic heterocycles. The normalized spacial score (nSPS) is 16.0. The molecular weight excluding hydrogens is 458 g/mol. The third kappa shape index (κ3) is 3.85. The standard InChI is InChI=1S/C18H15ClF2N4O3S2/c19-17-15(25-9-10-29-18(25)22-17)3-4-16(26)23-5-7-24(8-6-23)30(27,28)12-1-2-13(20)14(21)11-12/h1-4,9-11H,5-8H2/b4-3+. The lowest BCUT2D eigenvalue weighted by Crippen LogP contribution is -2.50. The van der Waals surface area contributed by atoms with Gasteiger partial charge in [-0.05, 0) is 24.3 Å². The Morgan fingerprint density at radius 1 is 1.17 bits per heavy atom. The van der Waals surface area contributed by atoms with Crippen molar-refractivity contribution in [3.8, 4) is 0 Å². The zero-order chi connectivity index (χ0) is 21.5. The summed E-state index contributed by atoms with van der Waals surface area (Å²) in [7, 11) is -3.98. The Bertz CT molecular complexity index is 1250. The summed E-state index contributed by atoms with van der Waals surface area (Å²) in [6, 6.07) is 2.46. The smallest absolute Gasteiger partial charge is 0.246 e. The number of amides is 1. The van der Waals surface area contributed by atoms with Crippen molar-refractivity contribution in [3.05, 3.63) is 58.3 Å². The van der Waals surface area contributed by atoms with Gasteiger partial charge in [0.25, 0.3) is 0 Å². The number of aromatic nitrogens is 2. The highest BCUT2D eigenvalue weighted by Crippen LogP contribution is 2.23.